The molecule has 0 spiro atoms. The van der Waals surface area contributed by atoms with Crippen molar-refractivity contribution in [1.29, 1.82) is 0 Å². The summed E-state index contributed by atoms with van der Waals surface area (Å²) in [5.41, 5.74) is 0. The van der Waals surface area contributed by atoms with E-state index >= 15 is 0 Å². The molecule has 12 heavy (non-hydrogen) atoms. The van der Waals surface area contributed by atoms with Gasteiger partial charge in [0.2, 0.25) is 0 Å². The number of ether oxygens (including phenoxy) is 1. The molecule has 2 nitrogen and oxygen atoms in total. The number of hydrogen-bond donors (Lipinski definition) is 1. The molecule has 0 aromatic rings. The molecule has 2 rings (SSSR count). The van der Waals surface area contributed by atoms with Crippen molar-refractivity contribution in [2.45, 2.75) is 50.7 Å². The first kappa shape index (κ1) is 8.52. The predicted molar refractivity (Wildman–Crippen MR) is 49.2 cm³/mol. The first-order chi connectivity index (χ1) is 5.95. The molecule has 1 saturated carbocycles. The smallest absolute Gasteiger partial charge is 0.0715 e. The zero-order valence-corrected chi connectivity index (χ0v) is 7.72. The summed E-state index contributed by atoms with van der Waals surface area (Å²) in [6.45, 7) is 2.23. The highest BCUT2D eigenvalue weighted by atomic mass is 16.5. The maximum Gasteiger partial charge on any atom is 0.0715 e. The minimum atomic E-state index is 0.521. The Balaban J connectivity index is 1.69. The minimum absolute atomic E-state index is 0.521. The van der Waals surface area contributed by atoms with Crippen LogP contribution in [0.4, 0.5) is 0 Å². The predicted octanol–water partition coefficient (Wildman–Crippen LogP) is 1.70. The Morgan fingerprint density at radius 2 is 1.75 bits per heavy atom. The summed E-state index contributed by atoms with van der Waals surface area (Å²) in [4.78, 5) is 0. The van der Waals surface area contributed by atoms with Gasteiger partial charge in [-0.25, -0.2) is 0 Å². The summed E-state index contributed by atoms with van der Waals surface area (Å²) < 4.78 is 5.99. The van der Waals surface area contributed by atoms with Gasteiger partial charge in [0.25, 0.3) is 0 Å². The quantitative estimate of drug-likeness (QED) is 0.679. The molecule has 1 aliphatic carbocycles. The van der Waals surface area contributed by atoms with Gasteiger partial charge in [-0.2, -0.15) is 0 Å². The van der Waals surface area contributed by atoms with Gasteiger partial charge in [0.05, 0.1) is 12.2 Å². The van der Waals surface area contributed by atoms with Crippen LogP contribution in [0.5, 0.6) is 0 Å². The van der Waals surface area contributed by atoms with Crippen molar-refractivity contribution in [3.05, 3.63) is 0 Å². The Labute approximate surface area is 74.7 Å². The van der Waals surface area contributed by atoms with Crippen molar-refractivity contribution in [2.24, 2.45) is 0 Å². The molecule has 0 aromatic carbocycles. The van der Waals surface area contributed by atoms with E-state index in [4.69, 9.17) is 4.74 Å². The van der Waals surface area contributed by atoms with Crippen molar-refractivity contribution >= 4 is 0 Å². The van der Waals surface area contributed by atoms with Crippen LogP contribution in [0.15, 0.2) is 0 Å². The Bertz CT molecular complexity index is 126. The SMILES string of the molecule is C1CCC(OC2CCNC2)CC1. The molecular weight excluding hydrogens is 150 g/mol. The van der Waals surface area contributed by atoms with E-state index < -0.39 is 0 Å². The van der Waals surface area contributed by atoms with Crippen LogP contribution in [-0.4, -0.2) is 25.3 Å². The van der Waals surface area contributed by atoms with Gasteiger partial charge in [-0.3, -0.25) is 0 Å². The fraction of sp³-hybridized carbons (Fsp3) is 1.00. The molecule has 1 atom stereocenters. The number of nitrogens with one attached hydrogen (secondary N) is 1. The molecule has 70 valence electrons. The van der Waals surface area contributed by atoms with Crippen LogP contribution in [0.3, 0.4) is 0 Å². The van der Waals surface area contributed by atoms with Crippen LogP contribution in [0.1, 0.15) is 38.5 Å². The third kappa shape index (κ3) is 2.20. The Kier molecular flexibility index (Phi) is 3.01. The van der Waals surface area contributed by atoms with Crippen molar-refractivity contribution in [3.8, 4) is 0 Å². The van der Waals surface area contributed by atoms with E-state index in [1.807, 2.05) is 0 Å². The average Bonchev–Trinajstić information content (AvgIpc) is 2.59. The molecule has 2 heteroatoms. The van der Waals surface area contributed by atoms with Gasteiger partial charge < -0.3 is 10.1 Å². The van der Waals surface area contributed by atoms with E-state index in [1.165, 1.54) is 38.5 Å². The maximum atomic E-state index is 5.99. The summed E-state index contributed by atoms with van der Waals surface area (Å²) in [6, 6.07) is 0. The zero-order chi connectivity index (χ0) is 8.23. The van der Waals surface area contributed by atoms with Crippen molar-refractivity contribution in [2.75, 3.05) is 13.1 Å². The highest BCUT2D eigenvalue weighted by molar-refractivity contribution is 4.74. The number of hydrogen-bond acceptors (Lipinski definition) is 2. The molecule has 0 aromatic heterocycles. The molecular formula is C10H19NO. The summed E-state index contributed by atoms with van der Waals surface area (Å²) in [5.74, 6) is 0. The lowest BCUT2D eigenvalue weighted by Crippen LogP contribution is -2.25. The second-order valence-corrected chi connectivity index (χ2v) is 4.01. The third-order valence-electron chi connectivity index (χ3n) is 2.95. The van der Waals surface area contributed by atoms with E-state index in [0.29, 0.717) is 12.2 Å². The van der Waals surface area contributed by atoms with Crippen molar-refractivity contribution in [3.63, 3.8) is 0 Å². The van der Waals surface area contributed by atoms with E-state index in [-0.39, 0.29) is 0 Å². The third-order valence-corrected chi connectivity index (χ3v) is 2.95. The molecule has 1 aliphatic heterocycles. The zero-order valence-electron chi connectivity index (χ0n) is 7.72. The highest BCUT2D eigenvalue weighted by Gasteiger charge is 2.21. The molecule has 1 N–H and O–H groups in total. The van der Waals surface area contributed by atoms with E-state index in [2.05, 4.69) is 5.32 Å². The Hall–Kier alpha value is -0.0800. The molecule has 2 aliphatic rings. The molecule has 0 amide bonds. The Morgan fingerprint density at radius 3 is 2.42 bits per heavy atom. The minimum Gasteiger partial charge on any atom is -0.374 e. The summed E-state index contributed by atoms with van der Waals surface area (Å²) in [5, 5.41) is 3.34. The van der Waals surface area contributed by atoms with Crippen LogP contribution in [0.25, 0.3) is 0 Å². The summed E-state index contributed by atoms with van der Waals surface area (Å²) in [6.07, 6.45) is 9.11. The van der Waals surface area contributed by atoms with E-state index in [9.17, 15) is 0 Å². The van der Waals surface area contributed by atoms with Gasteiger partial charge >= 0.3 is 0 Å². The molecule has 1 unspecified atom stereocenters. The molecule has 0 bridgehead atoms. The topological polar surface area (TPSA) is 21.3 Å². The highest BCUT2D eigenvalue weighted by Crippen LogP contribution is 2.22. The first-order valence-electron chi connectivity index (χ1n) is 5.31. The van der Waals surface area contributed by atoms with E-state index in [0.717, 1.165) is 13.1 Å². The van der Waals surface area contributed by atoms with Crippen LogP contribution in [-0.2, 0) is 4.74 Å². The molecule has 0 radical (unpaired) electrons. The van der Waals surface area contributed by atoms with Gasteiger partial charge in [0.15, 0.2) is 0 Å². The van der Waals surface area contributed by atoms with Gasteiger partial charge in [-0.15, -0.1) is 0 Å². The van der Waals surface area contributed by atoms with E-state index in [1.54, 1.807) is 0 Å². The van der Waals surface area contributed by atoms with Gasteiger partial charge in [0.1, 0.15) is 0 Å². The van der Waals surface area contributed by atoms with Gasteiger partial charge in [0, 0.05) is 6.54 Å². The van der Waals surface area contributed by atoms with Crippen LogP contribution >= 0.6 is 0 Å². The van der Waals surface area contributed by atoms with Crippen LogP contribution in [0, 0.1) is 0 Å². The number of rotatable bonds is 2. The molecule has 1 heterocycles. The second kappa shape index (κ2) is 4.24. The fourth-order valence-electron chi connectivity index (χ4n) is 2.22. The van der Waals surface area contributed by atoms with Crippen LogP contribution in [0.2, 0.25) is 0 Å². The standard InChI is InChI=1S/C10H19NO/c1-2-4-9(5-3-1)12-10-6-7-11-8-10/h9-11H,1-8H2. The lowest BCUT2D eigenvalue weighted by molar-refractivity contribution is -0.0197. The summed E-state index contributed by atoms with van der Waals surface area (Å²) >= 11 is 0. The van der Waals surface area contributed by atoms with Gasteiger partial charge in [-0.05, 0) is 25.8 Å². The Morgan fingerprint density at radius 1 is 0.917 bits per heavy atom. The first-order valence-corrected chi connectivity index (χ1v) is 5.31. The monoisotopic (exact) mass is 169 g/mol. The normalized spacial score (nSPS) is 32.5. The maximum absolute atomic E-state index is 5.99. The van der Waals surface area contributed by atoms with Crippen molar-refractivity contribution in [1.82, 2.24) is 5.32 Å². The van der Waals surface area contributed by atoms with Crippen LogP contribution < -0.4 is 5.32 Å². The molecule has 1 saturated heterocycles. The average molecular weight is 169 g/mol. The summed E-state index contributed by atoms with van der Waals surface area (Å²) in [7, 11) is 0. The lowest BCUT2D eigenvalue weighted by Gasteiger charge is -2.25. The largest absolute Gasteiger partial charge is 0.374 e. The van der Waals surface area contributed by atoms with Gasteiger partial charge in [-0.1, -0.05) is 19.3 Å². The second-order valence-electron chi connectivity index (χ2n) is 4.01. The molecule has 2 fully saturated rings. The van der Waals surface area contributed by atoms with Crippen molar-refractivity contribution < 1.29 is 4.74 Å². The lowest BCUT2D eigenvalue weighted by atomic mass is 9.97. The fourth-order valence-corrected chi connectivity index (χ4v) is 2.22.